The molecular formula is C16H22ClNO3. The Labute approximate surface area is 130 Å². The first-order valence-corrected chi connectivity index (χ1v) is 8.01. The van der Waals surface area contributed by atoms with Crippen LogP contribution in [0.3, 0.4) is 0 Å². The number of ether oxygens (including phenoxy) is 2. The van der Waals surface area contributed by atoms with Gasteiger partial charge < -0.3 is 19.9 Å². The fourth-order valence-electron chi connectivity index (χ4n) is 2.69. The number of halogens is 1. The van der Waals surface area contributed by atoms with Crippen LogP contribution in [0.1, 0.15) is 37.9 Å². The second kappa shape index (κ2) is 6.42. The van der Waals surface area contributed by atoms with Gasteiger partial charge >= 0.3 is 0 Å². The first-order valence-electron chi connectivity index (χ1n) is 7.64. The number of nitrogens with one attached hydrogen (secondary N) is 1. The molecule has 2 aliphatic rings. The van der Waals surface area contributed by atoms with Crippen molar-refractivity contribution in [3.05, 3.63) is 22.7 Å². The molecule has 3 rings (SSSR count). The van der Waals surface area contributed by atoms with E-state index in [1.807, 2.05) is 6.07 Å². The molecule has 1 fully saturated rings. The molecule has 0 bridgehead atoms. The Morgan fingerprint density at radius 2 is 2.10 bits per heavy atom. The number of rotatable bonds is 6. The maximum absolute atomic E-state index is 10.3. The molecule has 116 valence electrons. The van der Waals surface area contributed by atoms with Gasteiger partial charge in [0, 0.05) is 12.6 Å². The largest absolute Gasteiger partial charge is 0.486 e. The summed E-state index contributed by atoms with van der Waals surface area (Å²) in [6.07, 6.45) is 3.30. The third-order valence-electron chi connectivity index (χ3n) is 4.05. The van der Waals surface area contributed by atoms with E-state index in [2.05, 4.69) is 12.2 Å². The number of aliphatic hydroxyl groups excluding tert-OH is 1. The lowest BCUT2D eigenvalue weighted by Crippen LogP contribution is -2.30. The van der Waals surface area contributed by atoms with Gasteiger partial charge in [-0.1, -0.05) is 24.4 Å². The Morgan fingerprint density at radius 1 is 1.33 bits per heavy atom. The van der Waals surface area contributed by atoms with E-state index >= 15 is 0 Å². The van der Waals surface area contributed by atoms with Gasteiger partial charge in [-0.3, -0.25) is 0 Å². The third kappa shape index (κ3) is 3.82. The molecule has 0 saturated heterocycles. The van der Waals surface area contributed by atoms with Gasteiger partial charge in [-0.15, -0.1) is 0 Å². The smallest absolute Gasteiger partial charge is 0.179 e. The molecule has 2 N–H and O–H groups in total. The van der Waals surface area contributed by atoms with Crippen LogP contribution >= 0.6 is 11.6 Å². The van der Waals surface area contributed by atoms with Crippen LogP contribution in [0.5, 0.6) is 11.5 Å². The van der Waals surface area contributed by atoms with Crippen LogP contribution in [-0.2, 0) is 0 Å². The lowest BCUT2D eigenvalue weighted by atomic mass is 10.1. The minimum atomic E-state index is -0.597. The summed E-state index contributed by atoms with van der Waals surface area (Å²) in [5, 5.41) is 14.2. The summed E-state index contributed by atoms with van der Waals surface area (Å²) < 4.78 is 11.0. The molecule has 4 nitrogen and oxygen atoms in total. The maximum atomic E-state index is 10.3. The van der Waals surface area contributed by atoms with E-state index in [4.69, 9.17) is 21.1 Å². The highest BCUT2D eigenvalue weighted by Crippen LogP contribution is 2.39. The highest BCUT2D eigenvalue weighted by atomic mass is 35.5. The van der Waals surface area contributed by atoms with Gasteiger partial charge in [0.25, 0.3) is 0 Å². The second-order valence-electron chi connectivity index (χ2n) is 6.03. The number of fused-ring (bicyclic) bond motifs is 1. The first-order chi connectivity index (χ1) is 10.1. The molecule has 0 amide bonds. The van der Waals surface area contributed by atoms with E-state index in [0.717, 1.165) is 11.5 Å². The van der Waals surface area contributed by atoms with E-state index < -0.39 is 6.10 Å². The molecule has 2 atom stereocenters. The predicted octanol–water partition coefficient (Wildman–Crippen LogP) is 2.92. The third-order valence-corrected chi connectivity index (χ3v) is 4.33. The average Bonchev–Trinajstić information content (AvgIpc) is 3.28. The lowest BCUT2D eigenvalue weighted by molar-refractivity contribution is 0.161. The van der Waals surface area contributed by atoms with Crippen LogP contribution in [0, 0.1) is 5.92 Å². The summed E-state index contributed by atoms with van der Waals surface area (Å²) in [4.78, 5) is 0. The van der Waals surface area contributed by atoms with Crippen molar-refractivity contribution in [2.24, 2.45) is 5.92 Å². The summed E-state index contributed by atoms with van der Waals surface area (Å²) in [6, 6.07) is 4.01. The fourth-order valence-corrected chi connectivity index (χ4v) is 2.96. The number of benzene rings is 1. The van der Waals surface area contributed by atoms with Crippen molar-refractivity contribution in [2.45, 2.75) is 38.3 Å². The van der Waals surface area contributed by atoms with Crippen molar-refractivity contribution < 1.29 is 14.6 Å². The standard InChI is InChI=1S/C16H22ClNO3/c1-10(6-11-2-3-11)18-9-14(19)12-7-13(17)16-15(8-12)20-4-5-21-16/h7-8,10-11,14,18-19H,2-6,9H2,1H3. The van der Waals surface area contributed by atoms with E-state index in [9.17, 15) is 5.11 Å². The van der Waals surface area contributed by atoms with Gasteiger partial charge in [0.05, 0.1) is 11.1 Å². The van der Waals surface area contributed by atoms with Crippen molar-refractivity contribution in [1.82, 2.24) is 5.32 Å². The molecule has 0 aromatic heterocycles. The molecule has 1 aromatic carbocycles. The molecule has 21 heavy (non-hydrogen) atoms. The predicted molar refractivity (Wildman–Crippen MR) is 82.2 cm³/mol. The molecule has 1 aromatic rings. The highest BCUT2D eigenvalue weighted by molar-refractivity contribution is 6.32. The minimum absolute atomic E-state index is 0.430. The molecular weight excluding hydrogens is 290 g/mol. The zero-order chi connectivity index (χ0) is 14.8. The second-order valence-corrected chi connectivity index (χ2v) is 6.44. The van der Waals surface area contributed by atoms with E-state index in [1.54, 1.807) is 6.07 Å². The Morgan fingerprint density at radius 3 is 2.86 bits per heavy atom. The van der Waals surface area contributed by atoms with Gasteiger partial charge in [-0.25, -0.2) is 0 Å². The van der Waals surface area contributed by atoms with Gasteiger partial charge in [0.2, 0.25) is 0 Å². The lowest BCUT2D eigenvalue weighted by Gasteiger charge is -2.22. The zero-order valence-corrected chi connectivity index (χ0v) is 13.0. The highest BCUT2D eigenvalue weighted by Gasteiger charge is 2.24. The SMILES string of the molecule is CC(CC1CC1)NCC(O)c1cc(Cl)c2c(c1)OCCO2. The Bertz CT molecular complexity index is 505. The van der Waals surface area contributed by atoms with Crippen molar-refractivity contribution >= 4 is 11.6 Å². The fraction of sp³-hybridized carbons (Fsp3) is 0.625. The maximum Gasteiger partial charge on any atom is 0.179 e. The van der Waals surface area contributed by atoms with Crippen molar-refractivity contribution in [1.29, 1.82) is 0 Å². The van der Waals surface area contributed by atoms with Crippen LogP contribution in [0.25, 0.3) is 0 Å². The van der Waals surface area contributed by atoms with Gasteiger partial charge in [-0.2, -0.15) is 0 Å². The van der Waals surface area contributed by atoms with E-state index in [-0.39, 0.29) is 0 Å². The summed E-state index contributed by atoms with van der Waals surface area (Å²) >= 11 is 6.19. The molecule has 1 aliphatic heterocycles. The van der Waals surface area contributed by atoms with Crippen LogP contribution in [0.4, 0.5) is 0 Å². The monoisotopic (exact) mass is 311 g/mol. The van der Waals surface area contributed by atoms with Gasteiger partial charge in [0.15, 0.2) is 11.5 Å². The van der Waals surface area contributed by atoms with E-state index in [0.29, 0.717) is 42.3 Å². The normalized spacial score (nSPS) is 20.1. The van der Waals surface area contributed by atoms with Crippen molar-refractivity contribution in [3.8, 4) is 11.5 Å². The van der Waals surface area contributed by atoms with Gasteiger partial charge in [-0.05, 0) is 37.0 Å². The molecule has 1 heterocycles. The molecule has 1 aliphatic carbocycles. The molecule has 0 radical (unpaired) electrons. The summed E-state index contributed by atoms with van der Waals surface area (Å²) in [7, 11) is 0. The number of hydrogen-bond acceptors (Lipinski definition) is 4. The van der Waals surface area contributed by atoms with Crippen LogP contribution in [-0.4, -0.2) is 30.9 Å². The average molecular weight is 312 g/mol. The number of aliphatic hydroxyl groups is 1. The first kappa shape index (κ1) is 14.9. The van der Waals surface area contributed by atoms with Gasteiger partial charge in [0.1, 0.15) is 13.2 Å². The van der Waals surface area contributed by atoms with Crippen LogP contribution in [0.15, 0.2) is 12.1 Å². The summed E-state index contributed by atoms with van der Waals surface area (Å²) in [6.45, 7) is 3.71. The van der Waals surface area contributed by atoms with Crippen molar-refractivity contribution in [2.75, 3.05) is 19.8 Å². The van der Waals surface area contributed by atoms with Crippen molar-refractivity contribution in [3.63, 3.8) is 0 Å². The molecule has 1 saturated carbocycles. The van der Waals surface area contributed by atoms with Crippen LogP contribution < -0.4 is 14.8 Å². The molecule has 0 spiro atoms. The Balaban J connectivity index is 1.60. The molecule has 2 unspecified atom stereocenters. The molecule has 5 heteroatoms. The Kier molecular flexibility index (Phi) is 4.57. The zero-order valence-electron chi connectivity index (χ0n) is 12.3. The topological polar surface area (TPSA) is 50.7 Å². The van der Waals surface area contributed by atoms with E-state index in [1.165, 1.54) is 19.3 Å². The minimum Gasteiger partial charge on any atom is -0.486 e. The number of hydrogen-bond donors (Lipinski definition) is 2. The quantitative estimate of drug-likeness (QED) is 0.848. The summed E-state index contributed by atoms with van der Waals surface area (Å²) in [5.41, 5.74) is 0.760. The van der Waals surface area contributed by atoms with Crippen LogP contribution in [0.2, 0.25) is 5.02 Å². The summed E-state index contributed by atoms with van der Waals surface area (Å²) in [5.74, 6) is 2.08. The Hall–Kier alpha value is -0.970.